The van der Waals surface area contributed by atoms with E-state index in [-0.39, 0.29) is 10.8 Å². The highest BCUT2D eigenvalue weighted by Gasteiger charge is 2.34. The van der Waals surface area contributed by atoms with Crippen LogP contribution in [0.3, 0.4) is 0 Å². The third kappa shape index (κ3) is 3.34. The maximum absolute atomic E-state index is 10.7. The monoisotopic (exact) mass is 304 g/mol. The van der Waals surface area contributed by atoms with Crippen LogP contribution >= 0.6 is 0 Å². The van der Waals surface area contributed by atoms with Crippen molar-refractivity contribution < 1.29 is 5.11 Å². The molecule has 0 bridgehead atoms. The molecule has 1 N–H and O–H groups in total. The number of hydrogen-bond acceptors (Lipinski definition) is 1. The molecule has 1 aromatic carbocycles. The maximum Gasteiger partial charge on any atom is 0.122 e. The predicted molar refractivity (Wildman–Crippen MR) is 98.1 cm³/mol. The first-order valence-electron chi connectivity index (χ1n) is 9.04. The smallest absolute Gasteiger partial charge is 0.122 e. The van der Waals surface area contributed by atoms with E-state index in [9.17, 15) is 5.11 Å². The van der Waals surface area contributed by atoms with Gasteiger partial charge in [0, 0.05) is 5.56 Å². The van der Waals surface area contributed by atoms with E-state index in [2.05, 4.69) is 61.5 Å². The van der Waals surface area contributed by atoms with E-state index >= 15 is 0 Å². The third-order valence-electron chi connectivity index (χ3n) is 5.36. The Bertz CT molecular complexity index is 502. The van der Waals surface area contributed by atoms with Crippen molar-refractivity contribution in [1.82, 2.24) is 0 Å². The number of aromatic hydroxyl groups is 1. The molecule has 0 spiro atoms. The lowest BCUT2D eigenvalue weighted by atomic mass is 9.67. The van der Waals surface area contributed by atoms with Crippen LogP contribution in [0.1, 0.15) is 96.4 Å². The Morgan fingerprint density at radius 2 is 1.55 bits per heavy atom. The highest BCUT2D eigenvalue weighted by molar-refractivity contribution is 5.54. The molecule has 1 rings (SSSR count). The number of hydrogen-bond donors (Lipinski definition) is 1. The second-order valence-electron chi connectivity index (χ2n) is 7.78. The van der Waals surface area contributed by atoms with Gasteiger partial charge in [0.2, 0.25) is 0 Å². The first kappa shape index (κ1) is 19.1. The number of rotatable bonds is 6. The van der Waals surface area contributed by atoms with Crippen LogP contribution in [0.5, 0.6) is 5.75 Å². The van der Waals surface area contributed by atoms with E-state index in [1.807, 2.05) is 0 Å². The predicted octanol–water partition coefficient (Wildman–Crippen LogP) is 6.42. The van der Waals surface area contributed by atoms with Crippen LogP contribution in [0.4, 0.5) is 0 Å². The van der Waals surface area contributed by atoms with Crippen molar-refractivity contribution in [2.24, 2.45) is 0 Å². The Labute approximate surface area is 138 Å². The van der Waals surface area contributed by atoms with Gasteiger partial charge < -0.3 is 5.11 Å². The molecule has 0 radical (unpaired) electrons. The minimum atomic E-state index is -0.0321. The molecule has 0 atom stereocenters. The maximum atomic E-state index is 10.7. The minimum absolute atomic E-state index is 0.0321. The standard InChI is InChI=1S/C21H36O/c1-9-13-21(11-3,12-4)17-14-15(5)19(22)18(16(17)10-2)20(6,7)8/h14,22H,9-13H2,1-8H3. The average molecular weight is 305 g/mol. The molecule has 0 saturated heterocycles. The molecule has 0 aromatic heterocycles. The first-order valence-corrected chi connectivity index (χ1v) is 9.04. The number of benzene rings is 1. The summed E-state index contributed by atoms with van der Waals surface area (Å²) in [5.41, 5.74) is 5.27. The van der Waals surface area contributed by atoms with Crippen LogP contribution in [0.15, 0.2) is 6.07 Å². The summed E-state index contributed by atoms with van der Waals surface area (Å²) in [5.74, 6) is 0.505. The third-order valence-corrected chi connectivity index (χ3v) is 5.36. The zero-order valence-corrected chi connectivity index (χ0v) is 16.1. The van der Waals surface area contributed by atoms with Gasteiger partial charge in [-0.2, -0.15) is 0 Å². The normalized spacial score (nSPS) is 12.7. The second-order valence-corrected chi connectivity index (χ2v) is 7.78. The van der Waals surface area contributed by atoms with Crippen LogP contribution in [0.2, 0.25) is 0 Å². The SMILES string of the molecule is CCCC(CC)(CC)c1cc(C)c(O)c(C(C)(C)C)c1CC. The fraction of sp³-hybridized carbons (Fsp3) is 0.714. The zero-order valence-electron chi connectivity index (χ0n) is 16.1. The van der Waals surface area contributed by atoms with Crippen LogP contribution < -0.4 is 0 Å². The lowest BCUT2D eigenvalue weighted by Crippen LogP contribution is -2.28. The lowest BCUT2D eigenvalue weighted by molar-refractivity contribution is 0.355. The number of phenols is 1. The van der Waals surface area contributed by atoms with Gasteiger partial charge in [-0.1, -0.05) is 61.0 Å². The molecule has 0 saturated carbocycles. The summed E-state index contributed by atoms with van der Waals surface area (Å²) in [6.45, 7) is 17.8. The molecule has 126 valence electrons. The Morgan fingerprint density at radius 1 is 1.00 bits per heavy atom. The summed E-state index contributed by atoms with van der Waals surface area (Å²) in [5, 5.41) is 10.7. The summed E-state index contributed by atoms with van der Waals surface area (Å²) in [4.78, 5) is 0. The molecule has 1 nitrogen and oxygen atoms in total. The van der Waals surface area contributed by atoms with E-state index in [1.54, 1.807) is 0 Å². The van der Waals surface area contributed by atoms with Gasteiger partial charge in [-0.05, 0) is 60.1 Å². The van der Waals surface area contributed by atoms with Crippen molar-refractivity contribution in [3.05, 3.63) is 28.3 Å². The lowest BCUT2D eigenvalue weighted by Gasteiger charge is -2.37. The Hall–Kier alpha value is -0.980. The van der Waals surface area contributed by atoms with Crippen molar-refractivity contribution in [2.45, 2.75) is 98.3 Å². The minimum Gasteiger partial charge on any atom is -0.507 e. The summed E-state index contributed by atoms with van der Waals surface area (Å²) < 4.78 is 0. The van der Waals surface area contributed by atoms with Gasteiger partial charge in [0.15, 0.2) is 0 Å². The summed E-state index contributed by atoms with van der Waals surface area (Å²) >= 11 is 0. The molecule has 22 heavy (non-hydrogen) atoms. The van der Waals surface area contributed by atoms with E-state index in [4.69, 9.17) is 0 Å². The van der Waals surface area contributed by atoms with Crippen molar-refractivity contribution in [3.8, 4) is 5.75 Å². The van der Waals surface area contributed by atoms with Crippen LogP contribution in [-0.2, 0) is 17.3 Å². The van der Waals surface area contributed by atoms with Gasteiger partial charge in [0.1, 0.15) is 5.75 Å². The molecular formula is C21H36O. The molecule has 0 amide bonds. The van der Waals surface area contributed by atoms with Crippen LogP contribution in [0, 0.1) is 6.92 Å². The van der Waals surface area contributed by atoms with Gasteiger partial charge in [0.05, 0.1) is 0 Å². The van der Waals surface area contributed by atoms with E-state index in [0.717, 1.165) is 30.4 Å². The Morgan fingerprint density at radius 3 is 1.91 bits per heavy atom. The number of aryl methyl sites for hydroxylation is 1. The van der Waals surface area contributed by atoms with Crippen molar-refractivity contribution in [1.29, 1.82) is 0 Å². The summed E-state index contributed by atoms with van der Waals surface area (Å²) in [6.07, 6.45) is 5.74. The largest absolute Gasteiger partial charge is 0.507 e. The second kappa shape index (κ2) is 7.06. The average Bonchev–Trinajstić information content (AvgIpc) is 2.45. The molecule has 0 aliphatic carbocycles. The Kier molecular flexibility index (Phi) is 6.12. The highest BCUT2D eigenvalue weighted by atomic mass is 16.3. The summed E-state index contributed by atoms with van der Waals surface area (Å²) in [7, 11) is 0. The fourth-order valence-electron chi connectivity index (χ4n) is 4.09. The van der Waals surface area contributed by atoms with E-state index in [0.29, 0.717) is 5.75 Å². The van der Waals surface area contributed by atoms with Gasteiger partial charge in [0.25, 0.3) is 0 Å². The molecule has 1 heteroatoms. The van der Waals surface area contributed by atoms with Gasteiger partial charge in [-0.25, -0.2) is 0 Å². The topological polar surface area (TPSA) is 20.2 Å². The van der Waals surface area contributed by atoms with E-state index < -0.39 is 0 Å². The quantitative estimate of drug-likeness (QED) is 0.643. The molecule has 0 heterocycles. The van der Waals surface area contributed by atoms with Gasteiger partial charge >= 0.3 is 0 Å². The van der Waals surface area contributed by atoms with Crippen LogP contribution in [0.25, 0.3) is 0 Å². The van der Waals surface area contributed by atoms with Crippen molar-refractivity contribution in [3.63, 3.8) is 0 Å². The Balaban J connectivity index is 3.78. The highest BCUT2D eigenvalue weighted by Crippen LogP contribution is 2.45. The molecule has 0 fully saturated rings. The van der Waals surface area contributed by atoms with Gasteiger partial charge in [-0.15, -0.1) is 0 Å². The fourth-order valence-corrected chi connectivity index (χ4v) is 4.09. The zero-order chi connectivity index (χ0) is 17.1. The molecule has 0 aliphatic rings. The molecular weight excluding hydrogens is 268 g/mol. The molecule has 0 aliphatic heterocycles. The number of phenolic OH excluding ortho intramolecular Hbond substituents is 1. The molecule has 1 aromatic rings. The summed E-state index contributed by atoms with van der Waals surface area (Å²) in [6, 6.07) is 2.27. The first-order chi connectivity index (χ1) is 10.2. The molecule has 0 unspecified atom stereocenters. The van der Waals surface area contributed by atoms with E-state index in [1.165, 1.54) is 24.0 Å². The van der Waals surface area contributed by atoms with Crippen molar-refractivity contribution >= 4 is 0 Å². The van der Waals surface area contributed by atoms with Gasteiger partial charge in [-0.3, -0.25) is 0 Å². The van der Waals surface area contributed by atoms with Crippen LogP contribution in [-0.4, -0.2) is 5.11 Å². The van der Waals surface area contributed by atoms with Crippen molar-refractivity contribution in [2.75, 3.05) is 0 Å².